The summed E-state index contributed by atoms with van der Waals surface area (Å²) in [6, 6.07) is 6.39. The fourth-order valence-corrected chi connectivity index (χ4v) is 5.14. The molecule has 1 saturated carbocycles. The molecule has 0 bridgehead atoms. The third kappa shape index (κ3) is 3.62. The van der Waals surface area contributed by atoms with Gasteiger partial charge in [0.1, 0.15) is 11.9 Å². The van der Waals surface area contributed by atoms with Gasteiger partial charge in [0.2, 0.25) is 0 Å². The number of phenols is 1. The molecule has 0 spiro atoms. The van der Waals surface area contributed by atoms with Gasteiger partial charge < -0.3 is 19.6 Å². The first-order valence-electron chi connectivity index (χ1n) is 11.0. The molecule has 2 aliphatic heterocycles. The third-order valence-electron chi connectivity index (χ3n) is 7.00. The maximum absolute atomic E-state index is 13.6. The Balaban J connectivity index is 1.71. The number of phenolic OH excluding ortho intramolecular Hbond substituents is 1. The number of nitrogens with zero attached hydrogens (tertiary/aromatic N) is 2. The highest BCUT2D eigenvalue weighted by molar-refractivity contribution is 6.11. The molecule has 1 fully saturated rings. The lowest BCUT2D eigenvalue weighted by Gasteiger charge is -2.40. The molecule has 5 unspecified atom stereocenters. The zero-order valence-corrected chi connectivity index (χ0v) is 18.3. The van der Waals surface area contributed by atoms with E-state index in [0.717, 1.165) is 31.4 Å². The molecule has 1 aliphatic carbocycles. The van der Waals surface area contributed by atoms with Gasteiger partial charge in [-0.2, -0.15) is 0 Å². The Morgan fingerprint density at radius 1 is 1.17 bits per heavy atom. The molecule has 30 heavy (non-hydrogen) atoms. The van der Waals surface area contributed by atoms with Crippen molar-refractivity contribution in [3.8, 4) is 5.75 Å². The first-order chi connectivity index (χ1) is 14.3. The Bertz CT molecular complexity index is 878. The summed E-state index contributed by atoms with van der Waals surface area (Å²) in [5, 5.41) is 10.0. The van der Waals surface area contributed by atoms with Crippen LogP contribution < -0.4 is 0 Å². The van der Waals surface area contributed by atoms with Crippen molar-refractivity contribution in [3.63, 3.8) is 0 Å². The van der Waals surface area contributed by atoms with Crippen molar-refractivity contribution in [3.05, 3.63) is 41.2 Å². The third-order valence-corrected chi connectivity index (χ3v) is 7.00. The van der Waals surface area contributed by atoms with Crippen LogP contribution in [0.3, 0.4) is 0 Å². The average molecular weight is 413 g/mol. The molecule has 4 rings (SSSR count). The number of ketones is 1. The van der Waals surface area contributed by atoms with Gasteiger partial charge in [-0.1, -0.05) is 26.0 Å². The zero-order valence-electron chi connectivity index (χ0n) is 18.3. The SMILES string of the molecule is CC1CC2OC3=C(C(=O)C2CC1C)C(c1cccc(O)c1)N(CCCN(C)C)C3=O. The summed E-state index contributed by atoms with van der Waals surface area (Å²) in [7, 11) is 4.00. The number of fused-ring (bicyclic) bond motifs is 1. The Hall–Kier alpha value is -2.34. The van der Waals surface area contributed by atoms with Crippen molar-refractivity contribution in [1.82, 2.24) is 9.80 Å². The van der Waals surface area contributed by atoms with Crippen LogP contribution in [0.4, 0.5) is 0 Å². The van der Waals surface area contributed by atoms with E-state index in [4.69, 9.17) is 4.74 Å². The minimum absolute atomic E-state index is 0.0526. The molecule has 1 aromatic carbocycles. The fraction of sp³-hybridized carbons (Fsp3) is 0.583. The molecular weight excluding hydrogens is 380 g/mol. The van der Waals surface area contributed by atoms with Gasteiger partial charge in [0.05, 0.1) is 17.5 Å². The monoisotopic (exact) mass is 412 g/mol. The summed E-state index contributed by atoms with van der Waals surface area (Å²) >= 11 is 0. The van der Waals surface area contributed by atoms with Crippen LogP contribution in [0.15, 0.2) is 35.6 Å². The molecule has 1 aromatic rings. The smallest absolute Gasteiger partial charge is 0.290 e. The number of carbonyl (C=O) groups is 2. The van der Waals surface area contributed by atoms with Crippen LogP contribution in [0.1, 0.15) is 44.7 Å². The van der Waals surface area contributed by atoms with Gasteiger partial charge >= 0.3 is 0 Å². The Morgan fingerprint density at radius 2 is 1.90 bits per heavy atom. The maximum atomic E-state index is 13.6. The quantitative estimate of drug-likeness (QED) is 0.805. The molecule has 6 heteroatoms. The Kier molecular flexibility index (Phi) is 5.62. The largest absolute Gasteiger partial charge is 0.508 e. The number of Topliss-reactive ketones (excluding diaryl/α,β-unsaturated/α-hetero) is 1. The number of amides is 1. The van der Waals surface area contributed by atoms with E-state index in [1.807, 2.05) is 20.2 Å². The van der Waals surface area contributed by atoms with Crippen LogP contribution in [-0.4, -0.2) is 59.9 Å². The van der Waals surface area contributed by atoms with Crippen LogP contribution >= 0.6 is 0 Å². The number of hydrogen-bond donors (Lipinski definition) is 1. The van der Waals surface area contributed by atoms with Crippen molar-refractivity contribution in [2.75, 3.05) is 27.2 Å². The zero-order chi connectivity index (χ0) is 21.6. The Morgan fingerprint density at radius 3 is 2.60 bits per heavy atom. The molecule has 3 aliphatic rings. The predicted molar refractivity (Wildman–Crippen MR) is 114 cm³/mol. The lowest BCUT2D eigenvalue weighted by atomic mass is 9.70. The van der Waals surface area contributed by atoms with Crippen molar-refractivity contribution >= 4 is 11.7 Å². The normalized spacial score (nSPS) is 31.1. The summed E-state index contributed by atoms with van der Waals surface area (Å²) in [5.41, 5.74) is 1.24. The van der Waals surface area contributed by atoms with E-state index in [1.54, 1.807) is 23.1 Å². The second-order valence-corrected chi connectivity index (χ2v) is 9.45. The molecule has 1 amide bonds. The lowest BCUT2D eigenvalue weighted by Crippen LogP contribution is -2.43. The molecule has 0 aromatic heterocycles. The highest BCUT2D eigenvalue weighted by atomic mass is 16.5. The molecule has 0 radical (unpaired) electrons. The molecular formula is C24H32N2O4. The first kappa shape index (κ1) is 20.9. The van der Waals surface area contributed by atoms with E-state index in [0.29, 0.717) is 24.0 Å². The highest BCUT2D eigenvalue weighted by Gasteiger charge is 2.53. The van der Waals surface area contributed by atoms with Crippen LogP contribution in [0.5, 0.6) is 5.75 Å². The molecule has 0 saturated heterocycles. The summed E-state index contributed by atoms with van der Waals surface area (Å²) in [5.74, 6) is 0.950. The van der Waals surface area contributed by atoms with Crippen LogP contribution in [-0.2, 0) is 14.3 Å². The molecule has 162 valence electrons. The van der Waals surface area contributed by atoms with Crippen molar-refractivity contribution < 1.29 is 19.4 Å². The van der Waals surface area contributed by atoms with Gasteiger partial charge in [-0.15, -0.1) is 0 Å². The second kappa shape index (κ2) is 8.06. The van der Waals surface area contributed by atoms with Gasteiger partial charge in [-0.3, -0.25) is 9.59 Å². The van der Waals surface area contributed by atoms with E-state index >= 15 is 0 Å². The standard InChI is InChI=1S/C24H32N2O4/c1-14-11-18-19(12-15(14)2)30-23-20(22(18)28)21(16-7-5-8-17(27)13-16)26(24(23)29)10-6-9-25(3)4/h5,7-8,13-15,18-19,21,27H,6,9-12H2,1-4H3. The first-order valence-corrected chi connectivity index (χ1v) is 11.0. The molecule has 2 heterocycles. The minimum atomic E-state index is -0.495. The number of carbonyl (C=O) groups excluding carboxylic acids is 2. The number of aromatic hydroxyl groups is 1. The number of ether oxygens (including phenoxy) is 1. The lowest BCUT2D eigenvalue weighted by molar-refractivity contribution is -0.137. The van der Waals surface area contributed by atoms with Gasteiger partial charge in [0.25, 0.3) is 5.91 Å². The summed E-state index contributed by atoms with van der Waals surface area (Å²) in [4.78, 5) is 30.8. The van der Waals surface area contributed by atoms with Crippen molar-refractivity contribution in [2.24, 2.45) is 17.8 Å². The minimum Gasteiger partial charge on any atom is -0.508 e. The summed E-state index contributed by atoms with van der Waals surface area (Å²) < 4.78 is 6.25. The summed E-state index contributed by atoms with van der Waals surface area (Å²) in [6.07, 6.45) is 2.18. The van der Waals surface area contributed by atoms with E-state index < -0.39 is 6.04 Å². The van der Waals surface area contributed by atoms with E-state index in [1.165, 1.54) is 0 Å². The van der Waals surface area contributed by atoms with Crippen LogP contribution in [0.25, 0.3) is 0 Å². The highest BCUT2D eigenvalue weighted by Crippen LogP contribution is 2.48. The number of hydrogen-bond acceptors (Lipinski definition) is 5. The molecule has 5 atom stereocenters. The van der Waals surface area contributed by atoms with E-state index in [2.05, 4.69) is 18.7 Å². The number of benzene rings is 1. The van der Waals surface area contributed by atoms with Crippen LogP contribution in [0, 0.1) is 17.8 Å². The number of rotatable bonds is 5. The van der Waals surface area contributed by atoms with Crippen LogP contribution in [0.2, 0.25) is 0 Å². The summed E-state index contributed by atoms with van der Waals surface area (Å²) in [6.45, 7) is 5.76. The van der Waals surface area contributed by atoms with E-state index in [9.17, 15) is 14.7 Å². The maximum Gasteiger partial charge on any atom is 0.290 e. The fourth-order valence-electron chi connectivity index (χ4n) is 5.14. The average Bonchev–Trinajstić information content (AvgIpc) is 2.96. The Labute approximate surface area is 178 Å². The second-order valence-electron chi connectivity index (χ2n) is 9.45. The van der Waals surface area contributed by atoms with Crippen molar-refractivity contribution in [2.45, 2.75) is 45.3 Å². The van der Waals surface area contributed by atoms with Gasteiger partial charge in [-0.05, 0) is 69.4 Å². The van der Waals surface area contributed by atoms with Crippen molar-refractivity contribution in [1.29, 1.82) is 0 Å². The van der Waals surface area contributed by atoms with Gasteiger partial charge in [0.15, 0.2) is 11.5 Å². The van der Waals surface area contributed by atoms with Gasteiger partial charge in [-0.25, -0.2) is 0 Å². The predicted octanol–water partition coefficient (Wildman–Crippen LogP) is 3.13. The molecule has 1 N–H and O–H groups in total. The molecule has 6 nitrogen and oxygen atoms in total. The van der Waals surface area contributed by atoms with Gasteiger partial charge in [0, 0.05) is 6.54 Å². The van der Waals surface area contributed by atoms with E-state index in [-0.39, 0.29) is 35.2 Å². The topological polar surface area (TPSA) is 70.1 Å².